The Kier molecular flexibility index (Phi) is 3.67. The lowest BCUT2D eigenvalue weighted by Gasteiger charge is -2.46. The summed E-state index contributed by atoms with van der Waals surface area (Å²) in [5.41, 5.74) is -0.497. The summed E-state index contributed by atoms with van der Waals surface area (Å²) in [6.07, 6.45) is 4.97. The molecule has 1 aromatic rings. The van der Waals surface area contributed by atoms with Crippen LogP contribution < -0.4 is 5.56 Å². The highest BCUT2D eigenvalue weighted by molar-refractivity contribution is 5.36. The Balaban J connectivity index is 2.63. The number of nitrogens with zero attached hydrogens (tertiary/aromatic N) is 1. The van der Waals surface area contributed by atoms with E-state index in [0.717, 1.165) is 12.8 Å². The van der Waals surface area contributed by atoms with Crippen LogP contribution in [0.25, 0.3) is 0 Å². The van der Waals surface area contributed by atoms with Crippen molar-refractivity contribution in [3.8, 4) is 5.75 Å². The van der Waals surface area contributed by atoms with Gasteiger partial charge in [0.15, 0.2) is 0 Å². The number of aromatic nitrogens is 1. The smallest absolute Gasteiger partial charge is 0.290 e. The van der Waals surface area contributed by atoms with E-state index in [9.17, 15) is 15.1 Å². The van der Waals surface area contributed by atoms with E-state index in [2.05, 4.69) is 27.4 Å². The Bertz CT molecular complexity index is 578. The van der Waals surface area contributed by atoms with Crippen LogP contribution in [0.3, 0.4) is 0 Å². The van der Waals surface area contributed by atoms with E-state index in [1.54, 1.807) is 0 Å². The molecule has 2 N–H and O–H groups in total. The van der Waals surface area contributed by atoms with Gasteiger partial charge in [0.25, 0.3) is 5.56 Å². The monoisotopic (exact) mass is 277 g/mol. The first-order chi connectivity index (χ1) is 9.30. The maximum Gasteiger partial charge on any atom is 0.290 e. The molecule has 1 aliphatic carbocycles. The van der Waals surface area contributed by atoms with Crippen molar-refractivity contribution in [1.29, 1.82) is 0 Å². The molecule has 1 fully saturated rings. The Morgan fingerprint density at radius 2 is 2.15 bits per heavy atom. The molecule has 0 bridgehead atoms. The Labute approximate surface area is 119 Å². The average Bonchev–Trinajstić information content (AvgIpc) is 2.37. The third kappa shape index (κ3) is 2.23. The lowest BCUT2D eigenvalue weighted by Crippen LogP contribution is -2.39. The molecule has 0 radical (unpaired) electrons. The predicted molar refractivity (Wildman–Crippen MR) is 78.2 cm³/mol. The second-order valence-corrected chi connectivity index (χ2v) is 6.47. The van der Waals surface area contributed by atoms with E-state index in [-0.39, 0.29) is 23.0 Å². The number of rotatable bonds is 2. The van der Waals surface area contributed by atoms with Crippen LogP contribution in [0.1, 0.15) is 45.1 Å². The van der Waals surface area contributed by atoms with Gasteiger partial charge in [-0.05, 0) is 30.1 Å². The highest BCUT2D eigenvalue weighted by atomic mass is 16.5. The lowest BCUT2D eigenvalue weighted by atomic mass is 9.58. The second kappa shape index (κ2) is 5.00. The molecule has 0 amide bonds. The first kappa shape index (κ1) is 14.7. The number of pyridine rings is 1. The quantitative estimate of drug-likeness (QED) is 0.645. The van der Waals surface area contributed by atoms with Crippen LogP contribution in [0.2, 0.25) is 0 Å². The largest absolute Gasteiger partial charge is 0.507 e. The Morgan fingerprint density at radius 3 is 2.75 bits per heavy atom. The third-order valence-electron chi connectivity index (χ3n) is 4.71. The van der Waals surface area contributed by atoms with Gasteiger partial charge in [0.2, 0.25) is 0 Å². The molecule has 0 saturated heterocycles. The van der Waals surface area contributed by atoms with Gasteiger partial charge >= 0.3 is 0 Å². The van der Waals surface area contributed by atoms with E-state index in [0.29, 0.717) is 16.2 Å². The molecule has 1 aromatic heterocycles. The van der Waals surface area contributed by atoms with E-state index in [4.69, 9.17) is 0 Å². The standard InChI is InChI=1S/C16H23NO3/c1-5-16(4)9-10(2)8-11(3)14(16)13-12(18)6-7-17(20)15(13)19/h5-7,10-11,14,18,20H,1,8-9H2,2-4H3/t10-,11+,14+,16-/m0/s1. The van der Waals surface area contributed by atoms with Crippen LogP contribution in [0, 0.1) is 17.3 Å². The summed E-state index contributed by atoms with van der Waals surface area (Å²) in [7, 11) is 0. The molecule has 1 saturated carbocycles. The van der Waals surface area contributed by atoms with E-state index < -0.39 is 5.56 Å². The lowest BCUT2D eigenvalue weighted by molar-refractivity contribution is 0.121. The zero-order chi connectivity index (χ0) is 15.1. The van der Waals surface area contributed by atoms with Crippen molar-refractivity contribution in [3.63, 3.8) is 0 Å². The number of aromatic hydroxyl groups is 1. The summed E-state index contributed by atoms with van der Waals surface area (Å²) in [6, 6.07) is 1.37. The van der Waals surface area contributed by atoms with Crippen LogP contribution in [0.15, 0.2) is 29.7 Å². The topological polar surface area (TPSA) is 62.5 Å². The fraction of sp³-hybridized carbons (Fsp3) is 0.562. The number of hydrogen-bond acceptors (Lipinski definition) is 3. The maximum atomic E-state index is 12.2. The molecule has 0 aromatic carbocycles. The molecule has 4 nitrogen and oxygen atoms in total. The van der Waals surface area contributed by atoms with Gasteiger partial charge in [-0.25, -0.2) is 0 Å². The zero-order valence-corrected chi connectivity index (χ0v) is 12.3. The second-order valence-electron chi connectivity index (χ2n) is 6.47. The van der Waals surface area contributed by atoms with Gasteiger partial charge in [-0.3, -0.25) is 4.79 Å². The normalized spacial score (nSPS) is 33.9. The Morgan fingerprint density at radius 1 is 1.50 bits per heavy atom. The maximum absolute atomic E-state index is 12.2. The van der Waals surface area contributed by atoms with E-state index in [1.165, 1.54) is 12.3 Å². The minimum atomic E-state index is -0.538. The molecule has 4 atom stereocenters. The van der Waals surface area contributed by atoms with Crippen LogP contribution in [-0.4, -0.2) is 15.0 Å². The average molecular weight is 277 g/mol. The zero-order valence-electron chi connectivity index (χ0n) is 12.3. The number of allylic oxidation sites excluding steroid dienone is 1. The molecule has 20 heavy (non-hydrogen) atoms. The van der Waals surface area contributed by atoms with E-state index in [1.807, 2.05) is 6.08 Å². The number of hydrogen-bond donors (Lipinski definition) is 2. The van der Waals surface area contributed by atoms with Crippen LogP contribution in [0.4, 0.5) is 0 Å². The van der Waals surface area contributed by atoms with E-state index >= 15 is 0 Å². The van der Waals surface area contributed by atoms with Crippen molar-refractivity contribution in [3.05, 3.63) is 40.8 Å². The highest BCUT2D eigenvalue weighted by Gasteiger charge is 2.44. The summed E-state index contributed by atoms with van der Waals surface area (Å²) in [6.45, 7) is 10.3. The SMILES string of the molecule is C=C[C@@]1(C)C[C@@H](C)C[C@@H](C)[C@@H]1c1c(O)ccn(O)c1=O. The van der Waals surface area contributed by atoms with Crippen molar-refractivity contribution in [2.75, 3.05) is 0 Å². The van der Waals surface area contributed by atoms with Crippen molar-refractivity contribution in [2.45, 2.75) is 39.5 Å². The third-order valence-corrected chi connectivity index (χ3v) is 4.71. The molecular formula is C16H23NO3. The first-order valence-corrected chi connectivity index (χ1v) is 7.07. The fourth-order valence-corrected chi connectivity index (χ4v) is 4.03. The molecule has 110 valence electrons. The molecule has 1 aliphatic rings. The van der Waals surface area contributed by atoms with Gasteiger partial charge in [-0.2, -0.15) is 4.73 Å². The van der Waals surface area contributed by atoms with Gasteiger partial charge < -0.3 is 10.3 Å². The molecule has 1 heterocycles. The summed E-state index contributed by atoms with van der Waals surface area (Å²) in [4.78, 5) is 12.2. The van der Waals surface area contributed by atoms with Crippen molar-refractivity contribution in [1.82, 2.24) is 4.73 Å². The predicted octanol–water partition coefficient (Wildman–Crippen LogP) is 3.13. The summed E-state index contributed by atoms with van der Waals surface area (Å²) < 4.78 is 0.545. The van der Waals surface area contributed by atoms with Crippen molar-refractivity contribution < 1.29 is 10.3 Å². The minimum absolute atomic E-state index is 0.0419. The molecule has 0 spiro atoms. The summed E-state index contributed by atoms with van der Waals surface area (Å²) in [5.74, 6) is 0.609. The molecule has 0 aliphatic heterocycles. The van der Waals surface area contributed by atoms with Gasteiger partial charge in [-0.15, -0.1) is 6.58 Å². The first-order valence-electron chi connectivity index (χ1n) is 7.07. The Hall–Kier alpha value is -1.71. The minimum Gasteiger partial charge on any atom is -0.507 e. The van der Waals surface area contributed by atoms with Crippen LogP contribution >= 0.6 is 0 Å². The van der Waals surface area contributed by atoms with Crippen LogP contribution in [-0.2, 0) is 0 Å². The fourth-order valence-electron chi connectivity index (χ4n) is 4.03. The summed E-state index contributed by atoms with van der Waals surface area (Å²) >= 11 is 0. The molecule has 4 heteroatoms. The molecular weight excluding hydrogens is 254 g/mol. The van der Waals surface area contributed by atoms with Gasteiger partial charge in [0, 0.05) is 12.0 Å². The molecule has 2 rings (SSSR count). The van der Waals surface area contributed by atoms with Gasteiger partial charge in [0.05, 0.1) is 11.8 Å². The van der Waals surface area contributed by atoms with Gasteiger partial charge in [0.1, 0.15) is 5.75 Å². The van der Waals surface area contributed by atoms with Crippen molar-refractivity contribution in [2.24, 2.45) is 17.3 Å². The van der Waals surface area contributed by atoms with Crippen molar-refractivity contribution >= 4 is 0 Å². The molecule has 0 unspecified atom stereocenters. The van der Waals surface area contributed by atoms with Crippen LogP contribution in [0.5, 0.6) is 5.75 Å². The highest BCUT2D eigenvalue weighted by Crippen LogP contribution is 2.53. The van der Waals surface area contributed by atoms with Gasteiger partial charge in [-0.1, -0.05) is 26.8 Å². The summed E-state index contributed by atoms with van der Waals surface area (Å²) in [5, 5.41) is 19.7.